The number of unbranched alkanes of at least 4 members (excludes halogenated alkanes) is 2. The first kappa shape index (κ1) is 18.3. The van der Waals surface area contributed by atoms with Crippen molar-refractivity contribution < 1.29 is 9.90 Å². The van der Waals surface area contributed by atoms with E-state index in [1.54, 1.807) is 24.3 Å². The summed E-state index contributed by atoms with van der Waals surface area (Å²) >= 11 is 0. The Kier molecular flexibility index (Phi) is 7.62. The Hall–Kier alpha value is -2.01. The molecular weight excluding hydrogens is 296 g/mol. The van der Waals surface area contributed by atoms with Crippen LogP contribution < -0.4 is 0 Å². The van der Waals surface area contributed by atoms with E-state index in [9.17, 15) is 4.79 Å². The molecular formula is C22H28O2. The first-order valence-electron chi connectivity index (χ1n) is 9.20. The van der Waals surface area contributed by atoms with Crippen LogP contribution in [0.25, 0.3) is 0 Å². The molecule has 0 amide bonds. The molecule has 2 rings (SSSR count). The van der Waals surface area contributed by atoms with Gasteiger partial charge in [0.05, 0.1) is 5.56 Å². The van der Waals surface area contributed by atoms with Gasteiger partial charge >= 0.3 is 5.97 Å². The summed E-state index contributed by atoms with van der Waals surface area (Å²) in [6.07, 6.45) is 15.0. The molecule has 128 valence electrons. The van der Waals surface area contributed by atoms with Crippen molar-refractivity contribution in [2.45, 2.75) is 58.3 Å². The zero-order valence-electron chi connectivity index (χ0n) is 14.6. The second kappa shape index (κ2) is 9.98. The number of hydrogen-bond acceptors (Lipinski definition) is 1. The van der Waals surface area contributed by atoms with Gasteiger partial charge in [0.1, 0.15) is 0 Å². The van der Waals surface area contributed by atoms with E-state index in [0.717, 1.165) is 11.5 Å². The fourth-order valence-corrected chi connectivity index (χ4v) is 3.36. The molecule has 0 atom stereocenters. The highest BCUT2D eigenvalue weighted by Crippen LogP contribution is 2.32. The zero-order valence-corrected chi connectivity index (χ0v) is 14.6. The van der Waals surface area contributed by atoms with E-state index in [0.29, 0.717) is 11.5 Å². The smallest absolute Gasteiger partial charge is 0.335 e. The predicted molar refractivity (Wildman–Crippen MR) is 99.0 cm³/mol. The molecule has 1 aromatic rings. The first-order chi connectivity index (χ1) is 11.7. The van der Waals surface area contributed by atoms with Gasteiger partial charge in [0.15, 0.2) is 0 Å². The fraction of sp³-hybridized carbons (Fsp3) is 0.500. The molecule has 0 spiro atoms. The number of carboxylic acid groups (broad SMARTS) is 1. The third-order valence-corrected chi connectivity index (χ3v) is 4.91. The second-order valence-corrected chi connectivity index (χ2v) is 6.79. The molecule has 24 heavy (non-hydrogen) atoms. The maximum absolute atomic E-state index is 10.8. The Balaban J connectivity index is 1.74. The summed E-state index contributed by atoms with van der Waals surface area (Å²) in [7, 11) is 0. The third-order valence-electron chi connectivity index (χ3n) is 4.91. The number of aromatic carboxylic acids is 1. The molecule has 1 aliphatic rings. The van der Waals surface area contributed by atoms with Gasteiger partial charge in [-0.05, 0) is 67.9 Å². The summed E-state index contributed by atoms with van der Waals surface area (Å²) in [6.45, 7) is 2.27. The lowest BCUT2D eigenvalue weighted by Gasteiger charge is -2.26. The van der Waals surface area contributed by atoms with Gasteiger partial charge in [-0.2, -0.15) is 0 Å². The van der Waals surface area contributed by atoms with Crippen LogP contribution in [-0.2, 0) is 0 Å². The average molecular weight is 324 g/mol. The highest BCUT2D eigenvalue weighted by atomic mass is 16.4. The second-order valence-electron chi connectivity index (χ2n) is 6.79. The normalized spacial score (nSPS) is 20.5. The van der Waals surface area contributed by atoms with Gasteiger partial charge in [-0.25, -0.2) is 4.79 Å². The van der Waals surface area contributed by atoms with Crippen molar-refractivity contribution in [1.29, 1.82) is 0 Å². The van der Waals surface area contributed by atoms with E-state index < -0.39 is 5.97 Å². The van der Waals surface area contributed by atoms with Crippen LogP contribution in [0.3, 0.4) is 0 Å². The van der Waals surface area contributed by atoms with Crippen molar-refractivity contribution in [2.75, 3.05) is 0 Å². The van der Waals surface area contributed by atoms with Gasteiger partial charge in [-0.1, -0.05) is 50.5 Å². The van der Waals surface area contributed by atoms with Crippen molar-refractivity contribution in [3.05, 3.63) is 47.5 Å². The van der Waals surface area contributed by atoms with Crippen molar-refractivity contribution in [3.63, 3.8) is 0 Å². The predicted octanol–water partition coefficient (Wildman–Crippen LogP) is 5.68. The van der Waals surface area contributed by atoms with Gasteiger partial charge < -0.3 is 5.11 Å². The molecule has 2 heteroatoms. The SMILES string of the molecule is CCCCCC1CCC(C=CC#Cc2ccc(C(=O)O)cc2)CC1. The number of benzene rings is 1. The van der Waals surface area contributed by atoms with Crippen LogP contribution in [0.2, 0.25) is 0 Å². The Morgan fingerprint density at radius 2 is 1.88 bits per heavy atom. The number of rotatable bonds is 6. The lowest BCUT2D eigenvalue weighted by atomic mass is 9.79. The number of allylic oxidation sites excluding steroid dienone is 2. The van der Waals surface area contributed by atoms with E-state index in [2.05, 4.69) is 24.8 Å². The largest absolute Gasteiger partial charge is 0.478 e. The van der Waals surface area contributed by atoms with E-state index in [-0.39, 0.29) is 0 Å². The molecule has 0 bridgehead atoms. The van der Waals surface area contributed by atoms with Crippen molar-refractivity contribution in [3.8, 4) is 11.8 Å². The lowest BCUT2D eigenvalue weighted by Crippen LogP contribution is -2.12. The molecule has 0 radical (unpaired) electrons. The number of hydrogen-bond donors (Lipinski definition) is 1. The van der Waals surface area contributed by atoms with Crippen LogP contribution in [0, 0.1) is 23.7 Å². The molecule has 1 aromatic carbocycles. The Labute approximate surface area is 146 Å². The molecule has 0 heterocycles. The molecule has 1 saturated carbocycles. The summed E-state index contributed by atoms with van der Waals surface area (Å²) in [6, 6.07) is 6.70. The van der Waals surface area contributed by atoms with Crippen molar-refractivity contribution in [2.24, 2.45) is 11.8 Å². The topological polar surface area (TPSA) is 37.3 Å². The third kappa shape index (κ3) is 6.24. The van der Waals surface area contributed by atoms with Crippen LogP contribution >= 0.6 is 0 Å². The quantitative estimate of drug-likeness (QED) is 0.540. The van der Waals surface area contributed by atoms with Gasteiger partial charge in [0, 0.05) is 5.56 Å². The van der Waals surface area contributed by atoms with E-state index in [1.165, 1.54) is 51.4 Å². The standard InChI is InChI=1S/C22H28O2/c1-2-3-4-7-18-10-12-19(13-11-18)8-5-6-9-20-14-16-21(17-15-20)22(23)24/h5,8,14-19H,2-4,7,10-13H2,1H3,(H,23,24). The fourth-order valence-electron chi connectivity index (χ4n) is 3.36. The molecule has 1 aliphatic carbocycles. The summed E-state index contributed by atoms with van der Waals surface area (Å²) in [5.74, 6) is 6.85. The zero-order chi connectivity index (χ0) is 17.2. The maximum Gasteiger partial charge on any atom is 0.335 e. The Bertz CT molecular complexity index is 593. The van der Waals surface area contributed by atoms with Gasteiger partial charge in [0.25, 0.3) is 0 Å². The molecule has 0 saturated heterocycles. The molecule has 1 fully saturated rings. The van der Waals surface area contributed by atoms with E-state index in [1.807, 2.05) is 6.08 Å². The minimum absolute atomic E-state index is 0.298. The van der Waals surface area contributed by atoms with Gasteiger partial charge in [0.2, 0.25) is 0 Å². The average Bonchev–Trinajstić information content (AvgIpc) is 2.60. The highest BCUT2D eigenvalue weighted by Gasteiger charge is 2.18. The minimum Gasteiger partial charge on any atom is -0.478 e. The molecule has 0 unspecified atom stereocenters. The first-order valence-corrected chi connectivity index (χ1v) is 9.20. The van der Waals surface area contributed by atoms with Crippen LogP contribution in [0.15, 0.2) is 36.4 Å². The van der Waals surface area contributed by atoms with Crippen LogP contribution in [0.4, 0.5) is 0 Å². The molecule has 2 nitrogen and oxygen atoms in total. The van der Waals surface area contributed by atoms with Gasteiger partial charge in [-0.15, -0.1) is 0 Å². The van der Waals surface area contributed by atoms with Crippen LogP contribution in [0.1, 0.15) is 74.2 Å². The highest BCUT2D eigenvalue weighted by molar-refractivity contribution is 5.87. The van der Waals surface area contributed by atoms with Crippen LogP contribution in [-0.4, -0.2) is 11.1 Å². The molecule has 0 aromatic heterocycles. The summed E-state index contributed by atoms with van der Waals surface area (Å²) in [4.78, 5) is 10.8. The minimum atomic E-state index is -0.903. The molecule has 1 N–H and O–H groups in total. The van der Waals surface area contributed by atoms with Crippen molar-refractivity contribution >= 4 is 5.97 Å². The van der Waals surface area contributed by atoms with Crippen LogP contribution in [0.5, 0.6) is 0 Å². The lowest BCUT2D eigenvalue weighted by molar-refractivity contribution is 0.0697. The number of carbonyl (C=O) groups is 1. The van der Waals surface area contributed by atoms with E-state index in [4.69, 9.17) is 5.11 Å². The summed E-state index contributed by atoms with van der Waals surface area (Å²) in [5.41, 5.74) is 1.15. The monoisotopic (exact) mass is 324 g/mol. The Morgan fingerprint density at radius 3 is 2.50 bits per heavy atom. The van der Waals surface area contributed by atoms with Gasteiger partial charge in [-0.3, -0.25) is 0 Å². The van der Waals surface area contributed by atoms with Crippen molar-refractivity contribution in [1.82, 2.24) is 0 Å². The Morgan fingerprint density at radius 1 is 1.17 bits per heavy atom. The maximum atomic E-state index is 10.8. The molecule has 0 aliphatic heterocycles. The summed E-state index contributed by atoms with van der Waals surface area (Å²) in [5, 5.41) is 8.87. The summed E-state index contributed by atoms with van der Waals surface area (Å²) < 4.78 is 0. The van der Waals surface area contributed by atoms with E-state index >= 15 is 0 Å². The number of carboxylic acids is 1.